The first kappa shape index (κ1) is 8.50. The predicted molar refractivity (Wildman–Crippen MR) is 55.8 cm³/mol. The van der Waals surface area contributed by atoms with Crippen molar-refractivity contribution in [2.75, 3.05) is 0 Å². The molecule has 0 atom stereocenters. The average molecular weight is 186 g/mol. The van der Waals surface area contributed by atoms with Crippen LogP contribution < -0.4 is 5.84 Å². The number of rotatable bonds is 2. The van der Waals surface area contributed by atoms with Crippen molar-refractivity contribution in [1.29, 1.82) is 0 Å². The molecule has 0 saturated carbocycles. The van der Waals surface area contributed by atoms with Crippen molar-refractivity contribution in [1.82, 2.24) is 9.97 Å². The molecule has 2 rings (SSSR count). The van der Waals surface area contributed by atoms with E-state index in [1.165, 1.54) is 0 Å². The highest BCUT2D eigenvalue weighted by Gasteiger charge is 2.03. The van der Waals surface area contributed by atoms with Crippen LogP contribution in [0.15, 0.2) is 41.8 Å². The fourth-order valence-electron chi connectivity index (χ4n) is 1.32. The minimum atomic E-state index is 0.820. The Morgan fingerprint density at radius 2 is 2.21 bits per heavy atom. The van der Waals surface area contributed by atoms with Gasteiger partial charge in [0.1, 0.15) is 5.82 Å². The van der Waals surface area contributed by atoms with Crippen LogP contribution in [0.4, 0.5) is 0 Å². The van der Waals surface area contributed by atoms with E-state index >= 15 is 0 Å². The monoisotopic (exact) mass is 186 g/mol. The first-order chi connectivity index (χ1) is 6.92. The second-order valence-electron chi connectivity index (χ2n) is 2.80. The number of nitrogens with two attached hydrogens (primary N) is 1. The number of nitrogens with zero attached hydrogens (tertiary/aromatic N) is 2. The third-order valence-electron chi connectivity index (χ3n) is 1.93. The number of nitrogens with one attached hydrogen (secondary N) is 1. The normalized spacial score (nSPS) is 10.9. The van der Waals surface area contributed by atoms with Gasteiger partial charge in [0.05, 0.1) is 6.21 Å². The van der Waals surface area contributed by atoms with Crippen LogP contribution in [0.3, 0.4) is 0 Å². The van der Waals surface area contributed by atoms with Crippen molar-refractivity contribution < 1.29 is 0 Å². The molecule has 4 nitrogen and oxygen atoms in total. The molecule has 0 saturated heterocycles. The van der Waals surface area contributed by atoms with Crippen molar-refractivity contribution in [3.63, 3.8) is 0 Å². The van der Waals surface area contributed by atoms with Crippen LogP contribution in [0.25, 0.3) is 11.4 Å². The van der Waals surface area contributed by atoms with Crippen molar-refractivity contribution >= 4 is 6.21 Å². The van der Waals surface area contributed by atoms with Gasteiger partial charge in [-0.05, 0) is 0 Å². The molecular weight excluding hydrogens is 176 g/mol. The number of benzene rings is 1. The Labute approximate surface area is 81.5 Å². The standard InChI is InChI=1S/C10H10N4/c11-14-7-8-3-1-2-4-9(8)10-12-5-6-13-10/h1-7H,11H2,(H,12,13). The van der Waals surface area contributed by atoms with E-state index in [1.807, 2.05) is 24.3 Å². The van der Waals surface area contributed by atoms with E-state index in [0.29, 0.717) is 0 Å². The Hall–Kier alpha value is -2.10. The lowest BCUT2D eigenvalue weighted by atomic mass is 10.1. The van der Waals surface area contributed by atoms with Crippen molar-refractivity contribution in [3.8, 4) is 11.4 Å². The van der Waals surface area contributed by atoms with Gasteiger partial charge in [0.2, 0.25) is 0 Å². The summed E-state index contributed by atoms with van der Waals surface area (Å²) >= 11 is 0. The fourth-order valence-corrected chi connectivity index (χ4v) is 1.32. The van der Waals surface area contributed by atoms with Crippen molar-refractivity contribution in [3.05, 3.63) is 42.2 Å². The molecule has 3 N–H and O–H groups in total. The molecule has 0 spiro atoms. The summed E-state index contributed by atoms with van der Waals surface area (Å²) in [6.45, 7) is 0. The summed E-state index contributed by atoms with van der Waals surface area (Å²) in [7, 11) is 0. The van der Waals surface area contributed by atoms with E-state index in [2.05, 4.69) is 15.1 Å². The number of H-pyrrole nitrogens is 1. The zero-order valence-electron chi connectivity index (χ0n) is 7.51. The van der Waals surface area contributed by atoms with Gasteiger partial charge in [0.25, 0.3) is 0 Å². The SMILES string of the molecule is NN=Cc1ccccc1-c1ncc[nH]1. The molecule has 2 aromatic rings. The van der Waals surface area contributed by atoms with E-state index in [0.717, 1.165) is 17.0 Å². The third-order valence-corrected chi connectivity index (χ3v) is 1.93. The van der Waals surface area contributed by atoms with Crippen LogP contribution in [-0.2, 0) is 0 Å². The molecule has 0 unspecified atom stereocenters. The molecule has 0 amide bonds. The minimum Gasteiger partial charge on any atom is -0.345 e. The highest BCUT2D eigenvalue weighted by Crippen LogP contribution is 2.17. The topological polar surface area (TPSA) is 67.1 Å². The number of hydrazone groups is 1. The molecule has 1 heterocycles. The Bertz CT molecular complexity index is 431. The third kappa shape index (κ3) is 1.50. The zero-order chi connectivity index (χ0) is 9.80. The van der Waals surface area contributed by atoms with Gasteiger partial charge in [-0.3, -0.25) is 0 Å². The summed E-state index contributed by atoms with van der Waals surface area (Å²) in [5.41, 5.74) is 1.94. The molecule has 1 aromatic carbocycles. The van der Waals surface area contributed by atoms with Gasteiger partial charge in [-0.25, -0.2) is 4.98 Å². The number of hydrogen-bond acceptors (Lipinski definition) is 3. The highest BCUT2D eigenvalue weighted by molar-refractivity contribution is 5.88. The maximum atomic E-state index is 5.12. The van der Waals surface area contributed by atoms with Crippen LogP contribution in [0, 0.1) is 0 Å². The quantitative estimate of drug-likeness (QED) is 0.422. The number of hydrogen-bond donors (Lipinski definition) is 2. The molecule has 0 aliphatic heterocycles. The van der Waals surface area contributed by atoms with Gasteiger partial charge in [-0.2, -0.15) is 5.10 Å². The minimum absolute atomic E-state index is 0.820. The molecule has 0 aliphatic carbocycles. The molecular formula is C10H10N4. The van der Waals surface area contributed by atoms with Crippen LogP contribution in [0.1, 0.15) is 5.56 Å². The number of aromatic nitrogens is 2. The fraction of sp³-hybridized carbons (Fsp3) is 0. The van der Waals surface area contributed by atoms with Gasteiger partial charge in [0, 0.05) is 23.5 Å². The molecule has 0 fully saturated rings. The van der Waals surface area contributed by atoms with Gasteiger partial charge < -0.3 is 10.8 Å². The Balaban J connectivity index is 2.52. The van der Waals surface area contributed by atoms with E-state index in [1.54, 1.807) is 18.6 Å². The lowest BCUT2D eigenvalue weighted by Gasteiger charge is -2.00. The Morgan fingerprint density at radius 1 is 1.36 bits per heavy atom. The summed E-state index contributed by atoms with van der Waals surface area (Å²) in [5, 5.41) is 3.51. The maximum absolute atomic E-state index is 5.12. The first-order valence-corrected chi connectivity index (χ1v) is 4.24. The van der Waals surface area contributed by atoms with Gasteiger partial charge in [0.15, 0.2) is 0 Å². The lowest BCUT2D eigenvalue weighted by Crippen LogP contribution is -1.91. The zero-order valence-corrected chi connectivity index (χ0v) is 7.51. The number of imidazole rings is 1. The largest absolute Gasteiger partial charge is 0.345 e. The van der Waals surface area contributed by atoms with E-state index in [-0.39, 0.29) is 0 Å². The van der Waals surface area contributed by atoms with Crippen molar-refractivity contribution in [2.24, 2.45) is 10.9 Å². The summed E-state index contributed by atoms with van der Waals surface area (Å²) < 4.78 is 0. The number of aromatic amines is 1. The molecule has 0 radical (unpaired) electrons. The first-order valence-electron chi connectivity index (χ1n) is 4.24. The van der Waals surface area contributed by atoms with Crippen LogP contribution >= 0.6 is 0 Å². The molecule has 4 heteroatoms. The second kappa shape index (κ2) is 3.74. The molecule has 70 valence electrons. The molecule has 0 bridgehead atoms. The summed E-state index contributed by atoms with van der Waals surface area (Å²) in [5.74, 6) is 5.94. The van der Waals surface area contributed by atoms with E-state index in [4.69, 9.17) is 5.84 Å². The van der Waals surface area contributed by atoms with Crippen molar-refractivity contribution in [2.45, 2.75) is 0 Å². The Kier molecular flexibility index (Phi) is 2.27. The molecule has 0 aliphatic rings. The van der Waals surface area contributed by atoms with Crippen LogP contribution in [0.2, 0.25) is 0 Å². The molecule has 14 heavy (non-hydrogen) atoms. The summed E-state index contributed by atoms with van der Waals surface area (Å²) in [6, 6.07) is 7.79. The van der Waals surface area contributed by atoms with Crippen LogP contribution in [-0.4, -0.2) is 16.2 Å². The van der Waals surface area contributed by atoms with E-state index < -0.39 is 0 Å². The molecule has 1 aromatic heterocycles. The van der Waals surface area contributed by atoms with Crippen LogP contribution in [0.5, 0.6) is 0 Å². The smallest absolute Gasteiger partial charge is 0.137 e. The lowest BCUT2D eigenvalue weighted by molar-refractivity contribution is 1.26. The van der Waals surface area contributed by atoms with Gasteiger partial charge >= 0.3 is 0 Å². The summed E-state index contributed by atoms with van der Waals surface area (Å²) in [6.07, 6.45) is 5.11. The maximum Gasteiger partial charge on any atom is 0.137 e. The summed E-state index contributed by atoms with van der Waals surface area (Å²) in [4.78, 5) is 7.21. The van der Waals surface area contributed by atoms with Gasteiger partial charge in [-0.1, -0.05) is 24.3 Å². The highest BCUT2D eigenvalue weighted by atomic mass is 15.1. The second-order valence-corrected chi connectivity index (χ2v) is 2.80. The Morgan fingerprint density at radius 3 is 2.93 bits per heavy atom. The van der Waals surface area contributed by atoms with Gasteiger partial charge in [-0.15, -0.1) is 0 Å². The van der Waals surface area contributed by atoms with E-state index in [9.17, 15) is 0 Å². The average Bonchev–Trinajstić information content (AvgIpc) is 2.72. The predicted octanol–water partition coefficient (Wildman–Crippen LogP) is 1.37.